The monoisotopic (exact) mass is 154 g/mol. The summed E-state index contributed by atoms with van der Waals surface area (Å²) in [5.41, 5.74) is 0. The summed E-state index contributed by atoms with van der Waals surface area (Å²) in [7, 11) is 0. The summed E-state index contributed by atoms with van der Waals surface area (Å²) in [5.74, 6) is 1.60. The van der Waals surface area contributed by atoms with Crippen LogP contribution in [0.1, 0.15) is 0 Å². The number of morpholine rings is 1. The molecule has 3 nitrogen and oxygen atoms in total. The maximum absolute atomic E-state index is 5.86. The molecule has 11 heavy (non-hydrogen) atoms. The molecule has 2 N–H and O–H groups in total. The van der Waals surface area contributed by atoms with Gasteiger partial charge in [-0.05, 0) is 0 Å². The van der Waals surface area contributed by atoms with Gasteiger partial charge in [0.05, 0.1) is 12.2 Å². The average molecular weight is 154 g/mol. The van der Waals surface area contributed by atoms with Crippen LogP contribution in [0, 0.1) is 11.8 Å². The highest BCUT2D eigenvalue weighted by molar-refractivity contribution is 5.00. The number of nitrogens with one attached hydrogen (secondary N) is 2. The van der Waals surface area contributed by atoms with Gasteiger partial charge in [0.1, 0.15) is 0 Å². The molecule has 4 unspecified atom stereocenters. The lowest BCUT2D eigenvalue weighted by Gasteiger charge is -2.23. The van der Waals surface area contributed by atoms with Crippen LogP contribution in [-0.4, -0.2) is 38.4 Å². The van der Waals surface area contributed by atoms with E-state index >= 15 is 0 Å². The highest BCUT2D eigenvalue weighted by atomic mass is 16.5. The standard InChI is InChI=1S/C8H14N2O/c1-5-6(2-9-1)8-4-10-3-7(5)11-8/h5-10H,1-4H2. The van der Waals surface area contributed by atoms with Gasteiger partial charge in [0.15, 0.2) is 0 Å². The lowest BCUT2D eigenvalue weighted by molar-refractivity contribution is -0.000336. The molecule has 0 saturated carbocycles. The number of hydrogen-bond acceptors (Lipinski definition) is 3. The Morgan fingerprint density at radius 2 is 1.36 bits per heavy atom. The van der Waals surface area contributed by atoms with E-state index in [1.165, 1.54) is 13.1 Å². The fourth-order valence-electron chi connectivity index (χ4n) is 2.73. The van der Waals surface area contributed by atoms with E-state index in [0.29, 0.717) is 12.2 Å². The molecule has 62 valence electrons. The van der Waals surface area contributed by atoms with E-state index < -0.39 is 0 Å². The molecule has 0 aromatic rings. The minimum Gasteiger partial charge on any atom is -0.372 e. The van der Waals surface area contributed by atoms with Gasteiger partial charge < -0.3 is 15.4 Å². The van der Waals surface area contributed by atoms with Crippen LogP contribution in [0.4, 0.5) is 0 Å². The summed E-state index contributed by atoms with van der Waals surface area (Å²) in [6.07, 6.45) is 1.02. The zero-order chi connectivity index (χ0) is 7.26. The van der Waals surface area contributed by atoms with Crippen molar-refractivity contribution in [2.24, 2.45) is 11.8 Å². The van der Waals surface area contributed by atoms with Crippen LogP contribution in [0.15, 0.2) is 0 Å². The molecular formula is C8H14N2O. The molecular weight excluding hydrogens is 140 g/mol. The number of fused-ring (bicyclic) bond motifs is 5. The SMILES string of the molecule is C1NCC2OC1C1CNCC21. The molecule has 3 heteroatoms. The molecule has 3 rings (SSSR count). The summed E-state index contributed by atoms with van der Waals surface area (Å²) < 4.78 is 5.86. The third-order valence-corrected chi connectivity index (χ3v) is 3.31. The fourth-order valence-corrected chi connectivity index (χ4v) is 2.73. The minimum atomic E-state index is 0.508. The normalized spacial score (nSPS) is 54.5. The van der Waals surface area contributed by atoms with Crippen molar-refractivity contribution in [1.82, 2.24) is 10.6 Å². The number of hydrogen-bond donors (Lipinski definition) is 2. The second kappa shape index (κ2) is 2.19. The van der Waals surface area contributed by atoms with Gasteiger partial charge >= 0.3 is 0 Å². The van der Waals surface area contributed by atoms with Crippen molar-refractivity contribution in [3.8, 4) is 0 Å². The van der Waals surface area contributed by atoms with Crippen molar-refractivity contribution in [2.45, 2.75) is 12.2 Å². The molecule has 3 aliphatic rings. The highest BCUT2D eigenvalue weighted by Crippen LogP contribution is 2.36. The maximum Gasteiger partial charge on any atom is 0.0748 e. The van der Waals surface area contributed by atoms with Gasteiger partial charge in [0.2, 0.25) is 0 Å². The molecule has 0 spiro atoms. The summed E-state index contributed by atoms with van der Waals surface area (Å²) in [6.45, 7) is 4.49. The van der Waals surface area contributed by atoms with E-state index in [1.807, 2.05) is 0 Å². The topological polar surface area (TPSA) is 33.3 Å². The first kappa shape index (κ1) is 6.40. The molecule has 3 fully saturated rings. The van der Waals surface area contributed by atoms with Gasteiger partial charge in [0, 0.05) is 38.0 Å². The van der Waals surface area contributed by atoms with Crippen LogP contribution in [0.2, 0.25) is 0 Å². The molecule has 4 atom stereocenters. The molecule has 0 aromatic heterocycles. The van der Waals surface area contributed by atoms with Gasteiger partial charge in [-0.2, -0.15) is 0 Å². The van der Waals surface area contributed by atoms with Crippen molar-refractivity contribution in [3.05, 3.63) is 0 Å². The van der Waals surface area contributed by atoms with Gasteiger partial charge in [0.25, 0.3) is 0 Å². The molecule has 3 saturated heterocycles. The third kappa shape index (κ3) is 0.789. The lowest BCUT2D eigenvalue weighted by Crippen LogP contribution is -2.42. The Morgan fingerprint density at radius 3 is 2.00 bits per heavy atom. The van der Waals surface area contributed by atoms with E-state index in [9.17, 15) is 0 Å². The van der Waals surface area contributed by atoms with Crippen molar-refractivity contribution < 1.29 is 4.74 Å². The van der Waals surface area contributed by atoms with Gasteiger partial charge in [-0.25, -0.2) is 0 Å². The smallest absolute Gasteiger partial charge is 0.0748 e. The Balaban J connectivity index is 1.88. The average Bonchev–Trinajstić information content (AvgIpc) is 2.58. The van der Waals surface area contributed by atoms with Crippen LogP contribution in [0.3, 0.4) is 0 Å². The molecule has 2 bridgehead atoms. The van der Waals surface area contributed by atoms with Crippen molar-refractivity contribution in [3.63, 3.8) is 0 Å². The maximum atomic E-state index is 5.86. The minimum absolute atomic E-state index is 0.508. The Morgan fingerprint density at radius 1 is 0.818 bits per heavy atom. The van der Waals surface area contributed by atoms with E-state index in [-0.39, 0.29) is 0 Å². The molecule has 3 heterocycles. The van der Waals surface area contributed by atoms with Gasteiger partial charge in [-0.1, -0.05) is 0 Å². The van der Waals surface area contributed by atoms with Gasteiger partial charge in [-0.3, -0.25) is 0 Å². The zero-order valence-electron chi connectivity index (χ0n) is 6.55. The van der Waals surface area contributed by atoms with Gasteiger partial charge in [-0.15, -0.1) is 0 Å². The Hall–Kier alpha value is -0.120. The largest absolute Gasteiger partial charge is 0.372 e. The first-order chi connectivity index (χ1) is 5.45. The Kier molecular flexibility index (Phi) is 1.27. The summed E-state index contributed by atoms with van der Waals surface area (Å²) >= 11 is 0. The van der Waals surface area contributed by atoms with Crippen molar-refractivity contribution in [1.29, 1.82) is 0 Å². The second-order valence-corrected chi connectivity index (χ2v) is 3.86. The quantitative estimate of drug-likeness (QED) is 0.479. The predicted molar refractivity (Wildman–Crippen MR) is 41.4 cm³/mol. The van der Waals surface area contributed by atoms with E-state index in [2.05, 4.69) is 10.6 Å². The zero-order valence-corrected chi connectivity index (χ0v) is 6.55. The predicted octanol–water partition coefficient (Wildman–Crippen LogP) is -0.807. The Bertz CT molecular complexity index is 157. The number of ether oxygens (including phenoxy) is 1. The Labute approximate surface area is 66.5 Å². The molecule has 0 aromatic carbocycles. The molecule has 0 radical (unpaired) electrons. The van der Waals surface area contributed by atoms with Crippen LogP contribution >= 0.6 is 0 Å². The molecule has 3 aliphatic heterocycles. The summed E-state index contributed by atoms with van der Waals surface area (Å²) in [6, 6.07) is 0. The summed E-state index contributed by atoms with van der Waals surface area (Å²) in [5, 5.41) is 6.87. The fraction of sp³-hybridized carbons (Fsp3) is 1.00. The van der Waals surface area contributed by atoms with Crippen molar-refractivity contribution in [2.75, 3.05) is 26.2 Å². The van der Waals surface area contributed by atoms with Crippen LogP contribution in [0.5, 0.6) is 0 Å². The third-order valence-electron chi connectivity index (χ3n) is 3.31. The van der Waals surface area contributed by atoms with Crippen molar-refractivity contribution >= 4 is 0 Å². The van der Waals surface area contributed by atoms with Crippen LogP contribution in [-0.2, 0) is 4.74 Å². The van der Waals surface area contributed by atoms with Crippen LogP contribution < -0.4 is 10.6 Å². The molecule has 0 amide bonds. The first-order valence-corrected chi connectivity index (χ1v) is 4.52. The van der Waals surface area contributed by atoms with E-state index in [4.69, 9.17) is 4.74 Å². The second-order valence-electron chi connectivity index (χ2n) is 3.86. The lowest BCUT2D eigenvalue weighted by atomic mass is 9.92. The highest BCUT2D eigenvalue weighted by Gasteiger charge is 2.48. The van der Waals surface area contributed by atoms with E-state index in [1.54, 1.807) is 0 Å². The summed E-state index contributed by atoms with van der Waals surface area (Å²) in [4.78, 5) is 0. The number of rotatable bonds is 0. The first-order valence-electron chi connectivity index (χ1n) is 4.52. The molecule has 0 aliphatic carbocycles. The van der Waals surface area contributed by atoms with E-state index in [0.717, 1.165) is 24.9 Å². The van der Waals surface area contributed by atoms with Crippen LogP contribution in [0.25, 0.3) is 0 Å².